The van der Waals surface area contributed by atoms with Gasteiger partial charge in [-0.1, -0.05) is 90.5 Å². The predicted octanol–water partition coefficient (Wildman–Crippen LogP) is 10.4. The van der Waals surface area contributed by atoms with Crippen molar-refractivity contribution in [3.05, 3.63) is 200 Å². The van der Waals surface area contributed by atoms with Gasteiger partial charge in [-0.15, -0.1) is 0 Å². The lowest BCUT2D eigenvalue weighted by atomic mass is 9.67. The third kappa shape index (κ3) is 9.10. The molecule has 2 atom stereocenters. The van der Waals surface area contributed by atoms with Crippen LogP contribution in [0.3, 0.4) is 0 Å². The Kier molecular flexibility index (Phi) is 13.2. The van der Waals surface area contributed by atoms with Crippen molar-refractivity contribution in [2.45, 2.75) is 57.8 Å². The highest BCUT2D eigenvalue weighted by atomic mass is 35.5. The van der Waals surface area contributed by atoms with Gasteiger partial charge in [0.2, 0.25) is 0 Å². The average Bonchev–Trinajstić information content (AvgIpc) is 3.24. The molecule has 0 aliphatic heterocycles. The minimum atomic E-state index is -4.75. The summed E-state index contributed by atoms with van der Waals surface area (Å²) in [4.78, 5) is 34.5. The molecule has 316 valence electrons. The summed E-state index contributed by atoms with van der Waals surface area (Å²) in [5.41, 5.74) is 13.7. The van der Waals surface area contributed by atoms with Gasteiger partial charge in [0.05, 0.1) is 5.56 Å². The van der Waals surface area contributed by atoms with Gasteiger partial charge in [-0.25, -0.2) is 8.78 Å². The van der Waals surface area contributed by atoms with Gasteiger partial charge in [-0.05, 0) is 140 Å². The maximum atomic E-state index is 15.9. The Morgan fingerprint density at radius 2 is 0.984 bits per heavy atom. The van der Waals surface area contributed by atoms with E-state index in [1.54, 1.807) is 97.1 Å². The highest BCUT2D eigenvalue weighted by Gasteiger charge is 2.61. The van der Waals surface area contributed by atoms with Crippen LogP contribution in [0.25, 0.3) is 0 Å². The maximum absolute atomic E-state index is 15.9. The first kappa shape index (κ1) is 44.7. The van der Waals surface area contributed by atoms with Gasteiger partial charge in [0.1, 0.15) is 11.6 Å². The fourth-order valence-corrected chi connectivity index (χ4v) is 7.64. The Morgan fingerprint density at radius 1 is 0.525 bits per heavy atom. The van der Waals surface area contributed by atoms with Crippen LogP contribution in [0.4, 0.5) is 33.3 Å². The molecule has 6 nitrogen and oxygen atoms in total. The van der Waals surface area contributed by atoms with Crippen LogP contribution in [0, 0.1) is 39.3 Å². The fraction of sp³-hybridized carbons (Fsp3) is 0.224. The third-order valence-corrected chi connectivity index (χ3v) is 11.7. The molecule has 6 aromatic carbocycles. The van der Waals surface area contributed by atoms with Crippen LogP contribution in [0.15, 0.2) is 133 Å². The van der Waals surface area contributed by atoms with Crippen LogP contribution >= 0.6 is 11.6 Å². The molecule has 4 N–H and O–H groups in total. The Balaban J connectivity index is 1.58. The molecule has 6 aromatic rings. The van der Waals surface area contributed by atoms with Gasteiger partial charge in [-0.3, -0.25) is 9.59 Å². The molecular weight excluding hydrogens is 807 g/mol. The molecular formula is C49H46ClF5N4O2. The number of hydrogen-bond donors (Lipinski definition) is 2. The van der Waals surface area contributed by atoms with E-state index < -0.39 is 46.3 Å². The minimum Gasteiger partial charge on any atom is -0.311 e. The first-order chi connectivity index (χ1) is 28.9. The molecule has 0 radical (unpaired) electrons. The highest BCUT2D eigenvalue weighted by molar-refractivity contribution is 6.30. The molecule has 0 fully saturated rings. The maximum Gasteiger partial charge on any atom is 0.416 e. The largest absolute Gasteiger partial charge is 0.416 e. The van der Waals surface area contributed by atoms with Crippen LogP contribution in [0.2, 0.25) is 5.02 Å². The van der Waals surface area contributed by atoms with Crippen LogP contribution < -0.4 is 21.3 Å². The van der Waals surface area contributed by atoms with E-state index >= 15 is 18.4 Å². The van der Waals surface area contributed by atoms with Crippen LogP contribution in [-0.4, -0.2) is 24.9 Å². The number of halogens is 6. The second-order valence-electron chi connectivity index (χ2n) is 15.3. The van der Waals surface area contributed by atoms with Crippen molar-refractivity contribution in [2.24, 2.45) is 11.5 Å². The van der Waals surface area contributed by atoms with E-state index in [2.05, 4.69) is 0 Å². The van der Waals surface area contributed by atoms with E-state index in [0.29, 0.717) is 17.4 Å². The number of carbonyl (C=O) groups is 2. The second-order valence-corrected chi connectivity index (χ2v) is 15.8. The van der Waals surface area contributed by atoms with Crippen molar-refractivity contribution in [3.63, 3.8) is 0 Å². The molecule has 12 heteroatoms. The number of aryl methyl sites for hydroxylation is 4. The van der Waals surface area contributed by atoms with Gasteiger partial charge in [-0.2, -0.15) is 13.2 Å². The number of benzene rings is 6. The lowest BCUT2D eigenvalue weighted by Gasteiger charge is -2.48. The SMILES string of the molecule is Cc1ccc(N(CCc2ccc(Cl)cc2F)C(=O)[C@](N)(c2ccccc2)[C@](N)(C(=O)N(CCc2cc(C(F)(F)F)ccc2F)c2ccc(C)c(C)c2)c2ccccc2)cc1C. The van der Waals surface area contributed by atoms with E-state index in [0.717, 1.165) is 34.4 Å². The number of hydrogen-bond acceptors (Lipinski definition) is 4. The summed E-state index contributed by atoms with van der Waals surface area (Å²) in [6.07, 6.45) is -5.10. The van der Waals surface area contributed by atoms with Gasteiger partial charge >= 0.3 is 6.18 Å². The fourth-order valence-electron chi connectivity index (χ4n) is 7.48. The van der Waals surface area contributed by atoms with Crippen molar-refractivity contribution in [2.75, 3.05) is 22.9 Å². The zero-order valence-corrected chi connectivity index (χ0v) is 34.9. The summed E-state index contributed by atoms with van der Waals surface area (Å²) in [5, 5.41) is 0.201. The number of nitrogens with zero attached hydrogens (tertiary/aromatic N) is 2. The average molecular weight is 853 g/mol. The zero-order valence-electron chi connectivity index (χ0n) is 34.2. The Hall–Kier alpha value is -5.88. The normalized spacial score (nSPS) is 13.6. The lowest BCUT2D eigenvalue weighted by molar-refractivity contribution is -0.137. The van der Waals surface area contributed by atoms with E-state index in [4.69, 9.17) is 23.1 Å². The summed E-state index contributed by atoms with van der Waals surface area (Å²) in [7, 11) is 0. The molecule has 61 heavy (non-hydrogen) atoms. The molecule has 0 saturated heterocycles. The summed E-state index contributed by atoms with van der Waals surface area (Å²) >= 11 is 6.07. The number of alkyl halides is 3. The van der Waals surface area contributed by atoms with Crippen molar-refractivity contribution >= 4 is 34.8 Å². The molecule has 0 saturated carbocycles. The monoisotopic (exact) mass is 852 g/mol. The smallest absolute Gasteiger partial charge is 0.311 e. The first-order valence-electron chi connectivity index (χ1n) is 19.6. The van der Waals surface area contributed by atoms with E-state index in [-0.39, 0.29) is 53.2 Å². The van der Waals surface area contributed by atoms with E-state index in [1.807, 2.05) is 33.8 Å². The van der Waals surface area contributed by atoms with Gasteiger partial charge in [0.25, 0.3) is 11.8 Å². The van der Waals surface area contributed by atoms with Gasteiger partial charge in [0.15, 0.2) is 11.1 Å². The van der Waals surface area contributed by atoms with Crippen LogP contribution in [0.5, 0.6) is 0 Å². The molecule has 0 unspecified atom stereocenters. The summed E-state index contributed by atoms with van der Waals surface area (Å²) in [6.45, 7) is 7.02. The van der Waals surface area contributed by atoms with Crippen LogP contribution in [-0.2, 0) is 39.7 Å². The third-order valence-electron chi connectivity index (χ3n) is 11.4. The van der Waals surface area contributed by atoms with E-state index in [1.165, 1.54) is 21.9 Å². The molecule has 0 heterocycles. The number of rotatable bonds is 13. The summed E-state index contributed by atoms with van der Waals surface area (Å²) < 4.78 is 72.0. The van der Waals surface area contributed by atoms with Crippen LogP contribution in [0.1, 0.15) is 50.1 Å². The molecule has 0 bridgehead atoms. The summed E-state index contributed by atoms with van der Waals surface area (Å²) in [5.74, 6) is -3.16. The Morgan fingerprint density at radius 3 is 1.41 bits per heavy atom. The predicted molar refractivity (Wildman–Crippen MR) is 231 cm³/mol. The Bertz CT molecular complexity index is 2550. The van der Waals surface area contributed by atoms with Crippen molar-refractivity contribution < 1.29 is 31.5 Å². The molecule has 0 spiro atoms. The first-order valence-corrected chi connectivity index (χ1v) is 20.0. The molecule has 0 aliphatic rings. The second kappa shape index (κ2) is 18.0. The van der Waals surface area contributed by atoms with E-state index in [9.17, 15) is 13.2 Å². The standard InChI is InChI=1S/C49H46ClF5N4O2/c1-31-15-20-41(27-33(31)3)58(25-23-35-17-19-40(50)30-44(35)52)45(60)47(56,37-11-7-5-8-12-37)48(57,38-13-9-6-10-14-38)46(61)59(42-21-16-32(2)34(4)28-42)26-24-36-29-39(49(53,54)55)18-22-43(36)51/h5-22,27-30H,23-26,56-57H2,1-4H3/t47-,48-/m1/s1. The van der Waals surface area contributed by atoms with Gasteiger partial charge in [0, 0.05) is 29.5 Å². The van der Waals surface area contributed by atoms with Crippen molar-refractivity contribution in [1.82, 2.24) is 0 Å². The number of amides is 2. The zero-order chi connectivity index (χ0) is 44.3. The lowest BCUT2D eigenvalue weighted by Crippen LogP contribution is -2.74. The molecule has 6 rings (SSSR count). The quantitative estimate of drug-likeness (QED) is 0.113. The van der Waals surface area contributed by atoms with Crippen molar-refractivity contribution in [3.8, 4) is 0 Å². The number of anilines is 2. The molecule has 2 amide bonds. The Labute approximate surface area is 357 Å². The van der Waals surface area contributed by atoms with Crippen molar-refractivity contribution in [1.29, 1.82) is 0 Å². The topological polar surface area (TPSA) is 92.7 Å². The highest BCUT2D eigenvalue weighted by Crippen LogP contribution is 2.42. The summed E-state index contributed by atoms with van der Waals surface area (Å²) in [6, 6.07) is 33.2. The number of nitrogens with two attached hydrogens (primary N) is 2. The van der Waals surface area contributed by atoms with Gasteiger partial charge < -0.3 is 21.3 Å². The minimum absolute atomic E-state index is 0.0146. The number of carbonyl (C=O) groups excluding carboxylic acids is 2. The molecule has 0 aromatic heterocycles. The molecule has 0 aliphatic carbocycles.